The topological polar surface area (TPSA) is 46.2 Å². The van der Waals surface area contributed by atoms with Gasteiger partial charge in [0.1, 0.15) is 0 Å². The summed E-state index contributed by atoms with van der Waals surface area (Å²) in [5.74, 6) is -0.230. The first kappa shape index (κ1) is 12.2. The van der Waals surface area contributed by atoms with Crippen molar-refractivity contribution in [1.82, 2.24) is 5.32 Å². The number of piperidine rings is 1. The lowest BCUT2D eigenvalue weighted by molar-refractivity contribution is -0.143. The van der Waals surface area contributed by atoms with Crippen LogP contribution in [0.3, 0.4) is 0 Å². The summed E-state index contributed by atoms with van der Waals surface area (Å²) in [7, 11) is 0. The van der Waals surface area contributed by atoms with Gasteiger partial charge >= 0.3 is 0 Å². The predicted molar refractivity (Wildman–Crippen MR) is 59.2 cm³/mol. The summed E-state index contributed by atoms with van der Waals surface area (Å²) < 4.78 is 0. The van der Waals surface area contributed by atoms with E-state index < -0.39 is 0 Å². The molecule has 1 fully saturated rings. The highest BCUT2D eigenvalue weighted by Gasteiger charge is 2.43. The average molecular weight is 211 g/mol. The first-order valence-corrected chi connectivity index (χ1v) is 5.89. The summed E-state index contributed by atoms with van der Waals surface area (Å²) in [5, 5.41) is 2.42. The molecule has 2 unspecified atom stereocenters. The van der Waals surface area contributed by atoms with Crippen molar-refractivity contribution in [2.24, 2.45) is 11.3 Å². The van der Waals surface area contributed by atoms with E-state index in [-0.39, 0.29) is 23.1 Å². The van der Waals surface area contributed by atoms with Gasteiger partial charge in [0.25, 0.3) is 0 Å². The van der Waals surface area contributed by atoms with Gasteiger partial charge < -0.3 is 0 Å². The van der Waals surface area contributed by atoms with Gasteiger partial charge in [0, 0.05) is 12.3 Å². The normalized spacial score (nSPS) is 31.5. The third-order valence-electron chi connectivity index (χ3n) is 3.82. The zero-order valence-corrected chi connectivity index (χ0v) is 9.93. The fourth-order valence-electron chi connectivity index (χ4n) is 2.48. The molecule has 15 heavy (non-hydrogen) atoms. The Kier molecular flexibility index (Phi) is 3.89. The van der Waals surface area contributed by atoms with Crippen molar-refractivity contribution in [2.45, 2.75) is 52.9 Å². The van der Waals surface area contributed by atoms with Crippen LogP contribution in [0.25, 0.3) is 0 Å². The van der Waals surface area contributed by atoms with Crippen molar-refractivity contribution in [1.29, 1.82) is 0 Å². The molecule has 1 heterocycles. The molecule has 1 N–H and O–H groups in total. The molecule has 2 amide bonds. The van der Waals surface area contributed by atoms with Gasteiger partial charge in [-0.2, -0.15) is 0 Å². The highest BCUT2D eigenvalue weighted by atomic mass is 16.2. The van der Waals surface area contributed by atoms with Crippen molar-refractivity contribution in [3.63, 3.8) is 0 Å². The van der Waals surface area contributed by atoms with Crippen LogP contribution in [0.4, 0.5) is 0 Å². The monoisotopic (exact) mass is 211 g/mol. The summed E-state index contributed by atoms with van der Waals surface area (Å²) in [5.41, 5.74) is -0.0879. The number of rotatable bonds is 4. The first-order chi connectivity index (χ1) is 7.05. The van der Waals surface area contributed by atoms with Crippen LogP contribution >= 0.6 is 0 Å². The minimum Gasteiger partial charge on any atom is -0.296 e. The Bertz CT molecular complexity index is 262. The Labute approximate surface area is 91.6 Å². The van der Waals surface area contributed by atoms with Crippen LogP contribution in [0.15, 0.2) is 0 Å². The molecule has 0 spiro atoms. The largest absolute Gasteiger partial charge is 0.296 e. The average Bonchev–Trinajstić information content (AvgIpc) is 2.21. The number of nitrogens with one attached hydrogen (secondary N) is 1. The van der Waals surface area contributed by atoms with E-state index >= 15 is 0 Å². The number of imide groups is 1. The molecule has 0 radical (unpaired) electrons. The molecule has 3 nitrogen and oxygen atoms in total. The van der Waals surface area contributed by atoms with E-state index in [1.165, 1.54) is 0 Å². The number of hydrogen-bond acceptors (Lipinski definition) is 2. The number of carbonyl (C=O) groups excluding carboxylic acids is 2. The molecule has 0 aromatic heterocycles. The summed E-state index contributed by atoms with van der Waals surface area (Å²) >= 11 is 0. The maximum Gasteiger partial charge on any atom is 0.229 e. The molecule has 0 bridgehead atoms. The summed E-state index contributed by atoms with van der Waals surface area (Å²) in [4.78, 5) is 23.0. The van der Waals surface area contributed by atoms with Crippen LogP contribution in [0, 0.1) is 11.3 Å². The SMILES string of the molecule is CCCCC1(CC)CC(=O)NC(=O)C1C. The molecule has 86 valence electrons. The Morgan fingerprint density at radius 3 is 2.60 bits per heavy atom. The van der Waals surface area contributed by atoms with E-state index in [1.54, 1.807) is 0 Å². The molecule has 1 aliphatic rings. The van der Waals surface area contributed by atoms with Crippen LogP contribution in [0.2, 0.25) is 0 Å². The predicted octanol–water partition coefficient (Wildman–Crippen LogP) is 2.26. The first-order valence-electron chi connectivity index (χ1n) is 5.89. The molecular weight excluding hydrogens is 190 g/mol. The number of carbonyl (C=O) groups is 2. The Balaban J connectivity index is 2.83. The van der Waals surface area contributed by atoms with E-state index in [0.29, 0.717) is 6.42 Å². The number of amides is 2. The molecule has 0 aliphatic carbocycles. The van der Waals surface area contributed by atoms with Gasteiger partial charge in [0.05, 0.1) is 0 Å². The lowest BCUT2D eigenvalue weighted by Gasteiger charge is -2.40. The highest BCUT2D eigenvalue weighted by molar-refractivity contribution is 5.99. The van der Waals surface area contributed by atoms with Gasteiger partial charge in [0.2, 0.25) is 11.8 Å². The van der Waals surface area contributed by atoms with Crippen LogP contribution in [0.5, 0.6) is 0 Å². The van der Waals surface area contributed by atoms with E-state index in [2.05, 4.69) is 19.2 Å². The molecular formula is C12H21NO2. The Morgan fingerprint density at radius 1 is 1.40 bits per heavy atom. The molecule has 1 aliphatic heterocycles. The van der Waals surface area contributed by atoms with Crippen LogP contribution in [-0.4, -0.2) is 11.8 Å². The quantitative estimate of drug-likeness (QED) is 0.725. The van der Waals surface area contributed by atoms with E-state index in [0.717, 1.165) is 25.7 Å². The third-order valence-corrected chi connectivity index (χ3v) is 3.82. The Morgan fingerprint density at radius 2 is 2.07 bits per heavy atom. The van der Waals surface area contributed by atoms with E-state index in [9.17, 15) is 9.59 Å². The molecule has 0 aromatic carbocycles. The third kappa shape index (κ3) is 2.39. The standard InChI is InChI=1S/C12H21NO2/c1-4-6-7-12(5-2)8-10(14)13-11(15)9(12)3/h9H,4-8H2,1-3H3,(H,13,14,15). The van der Waals surface area contributed by atoms with Crippen molar-refractivity contribution >= 4 is 11.8 Å². The molecule has 2 atom stereocenters. The van der Waals surface area contributed by atoms with Gasteiger partial charge in [-0.05, 0) is 18.3 Å². The minimum atomic E-state index is -0.101. The second-order valence-electron chi connectivity index (χ2n) is 4.63. The molecule has 0 aromatic rings. The maximum atomic E-state index is 11.6. The van der Waals surface area contributed by atoms with Gasteiger partial charge in [-0.15, -0.1) is 0 Å². The van der Waals surface area contributed by atoms with Crippen molar-refractivity contribution in [3.05, 3.63) is 0 Å². The van der Waals surface area contributed by atoms with Crippen LogP contribution in [-0.2, 0) is 9.59 Å². The summed E-state index contributed by atoms with van der Waals surface area (Å²) in [6, 6.07) is 0. The van der Waals surface area contributed by atoms with Gasteiger partial charge in [-0.1, -0.05) is 33.6 Å². The molecule has 1 rings (SSSR count). The second kappa shape index (κ2) is 4.77. The van der Waals surface area contributed by atoms with Gasteiger partial charge in [0.15, 0.2) is 0 Å². The van der Waals surface area contributed by atoms with Gasteiger partial charge in [-0.25, -0.2) is 0 Å². The van der Waals surface area contributed by atoms with E-state index in [1.807, 2.05) is 6.92 Å². The number of hydrogen-bond donors (Lipinski definition) is 1. The van der Waals surface area contributed by atoms with Crippen LogP contribution < -0.4 is 5.32 Å². The summed E-state index contributed by atoms with van der Waals surface area (Å²) in [6.07, 6.45) is 4.62. The molecule has 3 heteroatoms. The lowest BCUT2D eigenvalue weighted by atomic mass is 9.66. The highest BCUT2D eigenvalue weighted by Crippen LogP contribution is 2.42. The van der Waals surface area contributed by atoms with Crippen molar-refractivity contribution in [3.8, 4) is 0 Å². The fourth-order valence-corrected chi connectivity index (χ4v) is 2.48. The second-order valence-corrected chi connectivity index (χ2v) is 4.63. The smallest absolute Gasteiger partial charge is 0.229 e. The fraction of sp³-hybridized carbons (Fsp3) is 0.833. The maximum absolute atomic E-state index is 11.6. The minimum absolute atomic E-state index is 0.0354. The number of unbranched alkanes of at least 4 members (excludes halogenated alkanes) is 1. The van der Waals surface area contributed by atoms with Crippen molar-refractivity contribution in [2.75, 3.05) is 0 Å². The molecule has 1 saturated heterocycles. The Hall–Kier alpha value is -0.860. The van der Waals surface area contributed by atoms with E-state index in [4.69, 9.17) is 0 Å². The zero-order valence-electron chi connectivity index (χ0n) is 9.93. The summed E-state index contributed by atoms with van der Waals surface area (Å²) in [6.45, 7) is 6.16. The zero-order chi connectivity index (χ0) is 11.5. The molecule has 0 saturated carbocycles. The lowest BCUT2D eigenvalue weighted by Crippen LogP contribution is -2.50. The van der Waals surface area contributed by atoms with Gasteiger partial charge in [-0.3, -0.25) is 14.9 Å². The van der Waals surface area contributed by atoms with Crippen LogP contribution in [0.1, 0.15) is 52.9 Å². The van der Waals surface area contributed by atoms with Crippen molar-refractivity contribution < 1.29 is 9.59 Å².